The molecule has 5 heteroatoms. The second-order valence-corrected chi connectivity index (χ2v) is 6.53. The summed E-state index contributed by atoms with van der Waals surface area (Å²) in [5.41, 5.74) is 5.41. The van der Waals surface area contributed by atoms with Gasteiger partial charge in [-0.3, -0.25) is 4.79 Å². The highest BCUT2D eigenvalue weighted by Gasteiger charge is 2.05. The van der Waals surface area contributed by atoms with Crippen LogP contribution < -0.4 is 14.9 Å². The first-order valence-electron chi connectivity index (χ1n) is 9.65. The molecule has 0 fully saturated rings. The van der Waals surface area contributed by atoms with E-state index in [-0.39, 0.29) is 12.5 Å². The van der Waals surface area contributed by atoms with Gasteiger partial charge in [-0.05, 0) is 53.4 Å². The van der Waals surface area contributed by atoms with E-state index in [0.29, 0.717) is 18.8 Å². The van der Waals surface area contributed by atoms with Crippen molar-refractivity contribution in [3.8, 4) is 11.5 Å². The van der Waals surface area contributed by atoms with Crippen LogP contribution in [0.1, 0.15) is 16.7 Å². The largest absolute Gasteiger partial charge is 0.489 e. The third kappa shape index (κ3) is 6.63. The Morgan fingerprint density at radius 2 is 1.67 bits per heavy atom. The summed E-state index contributed by atoms with van der Waals surface area (Å²) in [6.45, 7) is 4.13. The monoisotopic (exact) mass is 400 g/mol. The molecule has 30 heavy (non-hydrogen) atoms. The molecule has 0 bridgehead atoms. The van der Waals surface area contributed by atoms with Crippen molar-refractivity contribution < 1.29 is 14.3 Å². The maximum atomic E-state index is 12.0. The molecular formula is C25H24N2O3. The molecule has 0 aliphatic carbocycles. The second kappa shape index (κ2) is 11.2. The first-order chi connectivity index (χ1) is 14.7. The SMILES string of the molecule is C=CCc1ccccc1OCC(=O)N/N=C\c1ccc(OCc2ccccc2)cc1. The van der Waals surface area contributed by atoms with Gasteiger partial charge in [0, 0.05) is 0 Å². The number of benzene rings is 3. The summed E-state index contributed by atoms with van der Waals surface area (Å²) < 4.78 is 11.3. The molecule has 0 aliphatic rings. The van der Waals surface area contributed by atoms with Gasteiger partial charge in [-0.15, -0.1) is 6.58 Å². The zero-order chi connectivity index (χ0) is 21.0. The van der Waals surface area contributed by atoms with E-state index in [4.69, 9.17) is 9.47 Å². The molecule has 5 nitrogen and oxygen atoms in total. The molecule has 0 heterocycles. The molecule has 0 spiro atoms. The number of hydrazone groups is 1. The van der Waals surface area contributed by atoms with E-state index < -0.39 is 0 Å². The number of carbonyl (C=O) groups is 1. The van der Waals surface area contributed by atoms with Gasteiger partial charge in [0.1, 0.15) is 18.1 Å². The molecular weight excluding hydrogens is 376 g/mol. The van der Waals surface area contributed by atoms with E-state index in [1.807, 2.05) is 78.9 Å². The number of hydrogen-bond acceptors (Lipinski definition) is 4. The lowest BCUT2D eigenvalue weighted by Crippen LogP contribution is -2.24. The molecule has 0 radical (unpaired) electrons. The Bertz CT molecular complexity index is 983. The first kappa shape index (κ1) is 20.9. The van der Waals surface area contributed by atoms with Gasteiger partial charge in [0.05, 0.1) is 6.21 Å². The third-order valence-electron chi connectivity index (χ3n) is 4.23. The molecule has 0 atom stereocenters. The Kier molecular flexibility index (Phi) is 7.80. The van der Waals surface area contributed by atoms with Crippen molar-refractivity contribution >= 4 is 12.1 Å². The lowest BCUT2D eigenvalue weighted by atomic mass is 10.1. The lowest BCUT2D eigenvalue weighted by Gasteiger charge is -2.09. The lowest BCUT2D eigenvalue weighted by molar-refractivity contribution is -0.123. The smallest absolute Gasteiger partial charge is 0.277 e. The van der Waals surface area contributed by atoms with E-state index in [9.17, 15) is 4.79 Å². The predicted octanol–water partition coefficient (Wildman–Crippen LogP) is 4.52. The van der Waals surface area contributed by atoms with Crippen molar-refractivity contribution in [1.82, 2.24) is 5.43 Å². The molecule has 0 aromatic heterocycles. The summed E-state index contributed by atoms with van der Waals surface area (Å²) in [6, 6.07) is 25.0. The van der Waals surface area contributed by atoms with E-state index in [0.717, 1.165) is 22.4 Å². The molecule has 3 aromatic carbocycles. The number of para-hydroxylation sites is 1. The number of nitrogens with zero attached hydrogens (tertiary/aromatic N) is 1. The molecule has 0 saturated heterocycles. The van der Waals surface area contributed by atoms with Gasteiger partial charge < -0.3 is 9.47 Å². The molecule has 3 rings (SSSR count). The maximum absolute atomic E-state index is 12.0. The molecule has 1 N–H and O–H groups in total. The van der Waals surface area contributed by atoms with Crippen LogP contribution >= 0.6 is 0 Å². The maximum Gasteiger partial charge on any atom is 0.277 e. The van der Waals surface area contributed by atoms with E-state index in [1.165, 1.54) is 0 Å². The van der Waals surface area contributed by atoms with Crippen LogP contribution in [-0.2, 0) is 17.8 Å². The van der Waals surface area contributed by atoms with Crippen molar-refractivity contribution in [1.29, 1.82) is 0 Å². The highest BCUT2D eigenvalue weighted by molar-refractivity contribution is 5.83. The van der Waals surface area contributed by atoms with Gasteiger partial charge in [-0.1, -0.05) is 54.6 Å². The normalized spacial score (nSPS) is 10.5. The van der Waals surface area contributed by atoms with Gasteiger partial charge in [0.25, 0.3) is 5.91 Å². The summed E-state index contributed by atoms with van der Waals surface area (Å²) >= 11 is 0. The Balaban J connectivity index is 1.43. The van der Waals surface area contributed by atoms with Crippen LogP contribution in [-0.4, -0.2) is 18.7 Å². The Morgan fingerprint density at radius 1 is 0.933 bits per heavy atom. The Morgan fingerprint density at radius 3 is 2.43 bits per heavy atom. The highest BCUT2D eigenvalue weighted by Crippen LogP contribution is 2.18. The van der Waals surface area contributed by atoms with Crippen LogP contribution in [0.4, 0.5) is 0 Å². The number of amides is 1. The number of ether oxygens (including phenoxy) is 2. The summed E-state index contributed by atoms with van der Waals surface area (Å²) in [6.07, 6.45) is 4.05. The van der Waals surface area contributed by atoms with Crippen molar-refractivity contribution in [2.24, 2.45) is 5.10 Å². The fourth-order valence-electron chi connectivity index (χ4n) is 2.71. The molecule has 0 saturated carbocycles. The zero-order valence-electron chi connectivity index (χ0n) is 16.7. The molecule has 0 aliphatic heterocycles. The van der Waals surface area contributed by atoms with Gasteiger partial charge in [-0.2, -0.15) is 5.10 Å². The van der Waals surface area contributed by atoms with E-state index >= 15 is 0 Å². The summed E-state index contributed by atoms with van der Waals surface area (Å²) in [7, 11) is 0. The second-order valence-electron chi connectivity index (χ2n) is 6.53. The minimum Gasteiger partial charge on any atom is -0.489 e. The summed E-state index contributed by atoms with van der Waals surface area (Å²) in [5, 5.41) is 3.97. The zero-order valence-corrected chi connectivity index (χ0v) is 16.7. The molecule has 0 unspecified atom stereocenters. The summed E-state index contributed by atoms with van der Waals surface area (Å²) in [5.74, 6) is 1.11. The number of rotatable bonds is 10. The minimum atomic E-state index is -0.331. The third-order valence-corrected chi connectivity index (χ3v) is 4.23. The van der Waals surface area contributed by atoms with Crippen LogP contribution in [0.2, 0.25) is 0 Å². The first-order valence-corrected chi connectivity index (χ1v) is 9.65. The van der Waals surface area contributed by atoms with Gasteiger partial charge in [0.2, 0.25) is 0 Å². The fraction of sp³-hybridized carbons (Fsp3) is 0.120. The standard InChI is InChI=1S/C25H24N2O3/c1-2-8-22-11-6-7-12-24(22)30-19-25(28)27-26-17-20-13-15-23(16-14-20)29-18-21-9-4-3-5-10-21/h2-7,9-17H,1,8,18-19H2,(H,27,28)/b26-17-. The molecule has 152 valence electrons. The molecule has 3 aromatic rings. The van der Waals surface area contributed by atoms with Crippen molar-refractivity contribution in [2.45, 2.75) is 13.0 Å². The van der Waals surface area contributed by atoms with Crippen molar-refractivity contribution in [3.63, 3.8) is 0 Å². The average molecular weight is 400 g/mol. The van der Waals surface area contributed by atoms with Crippen LogP contribution in [0.25, 0.3) is 0 Å². The van der Waals surface area contributed by atoms with Crippen LogP contribution in [0, 0.1) is 0 Å². The van der Waals surface area contributed by atoms with Crippen molar-refractivity contribution in [3.05, 3.63) is 108 Å². The van der Waals surface area contributed by atoms with Gasteiger partial charge in [-0.25, -0.2) is 5.43 Å². The molecule has 1 amide bonds. The van der Waals surface area contributed by atoms with E-state index in [1.54, 1.807) is 12.3 Å². The number of carbonyl (C=O) groups excluding carboxylic acids is 1. The van der Waals surface area contributed by atoms with Crippen LogP contribution in [0.5, 0.6) is 11.5 Å². The number of hydrogen-bond donors (Lipinski definition) is 1. The van der Waals surface area contributed by atoms with Crippen LogP contribution in [0.15, 0.2) is 96.6 Å². The minimum absolute atomic E-state index is 0.113. The average Bonchev–Trinajstić information content (AvgIpc) is 2.79. The van der Waals surface area contributed by atoms with Crippen molar-refractivity contribution in [2.75, 3.05) is 6.61 Å². The van der Waals surface area contributed by atoms with Crippen LogP contribution in [0.3, 0.4) is 0 Å². The van der Waals surface area contributed by atoms with E-state index in [2.05, 4.69) is 17.1 Å². The quantitative estimate of drug-likeness (QED) is 0.309. The Labute approximate surface area is 176 Å². The fourth-order valence-corrected chi connectivity index (χ4v) is 2.71. The van der Waals surface area contributed by atoms with Gasteiger partial charge in [0.15, 0.2) is 6.61 Å². The van der Waals surface area contributed by atoms with Gasteiger partial charge >= 0.3 is 0 Å². The summed E-state index contributed by atoms with van der Waals surface area (Å²) in [4.78, 5) is 12.0. The number of allylic oxidation sites excluding steroid dienone is 1. The predicted molar refractivity (Wildman–Crippen MR) is 119 cm³/mol. The topological polar surface area (TPSA) is 59.9 Å². The number of nitrogens with one attached hydrogen (secondary N) is 1. The Hall–Kier alpha value is -3.86. The highest BCUT2D eigenvalue weighted by atomic mass is 16.5.